The van der Waals surface area contributed by atoms with Crippen molar-refractivity contribution in [2.45, 2.75) is 0 Å². The molecule has 0 aliphatic rings. The normalized spacial score (nSPS) is 12.3. The van der Waals surface area contributed by atoms with Crippen molar-refractivity contribution in [3.05, 3.63) is 176 Å². The van der Waals surface area contributed by atoms with Gasteiger partial charge in [0.15, 0.2) is 7.14 Å². The van der Waals surface area contributed by atoms with Crippen molar-refractivity contribution in [3.8, 4) is 5.95 Å². The van der Waals surface area contributed by atoms with Crippen LogP contribution in [0.5, 0.6) is 0 Å². The van der Waals surface area contributed by atoms with Crippen LogP contribution < -0.4 is 15.9 Å². The number of hydrogen-bond acceptors (Lipinski definition) is 3. The molecule has 0 radical (unpaired) electrons. The summed E-state index contributed by atoms with van der Waals surface area (Å²) in [6.45, 7) is 0. The van der Waals surface area contributed by atoms with E-state index in [4.69, 9.17) is 9.97 Å². The molecule has 3 aromatic heterocycles. The number of fused-ring (bicyclic) bond motifs is 10. The minimum Gasteiger partial charge on any atom is -0.309 e. The lowest BCUT2D eigenvalue weighted by atomic mass is 10.1. The van der Waals surface area contributed by atoms with Gasteiger partial charge in [0.2, 0.25) is 5.95 Å². The number of aromatic nitrogens is 4. The van der Waals surface area contributed by atoms with E-state index >= 15 is 4.57 Å². The Kier molecular flexibility index (Phi) is 6.16. The fourth-order valence-electron chi connectivity index (χ4n) is 8.22. The lowest BCUT2D eigenvalue weighted by molar-refractivity contribution is 0.593. The summed E-state index contributed by atoms with van der Waals surface area (Å²) in [6.07, 6.45) is 0. The highest BCUT2D eigenvalue weighted by Gasteiger charge is 2.34. The monoisotopic (exact) mass is 684 g/mol. The molecule has 6 heteroatoms. The Bertz CT molecular complexity index is 3210. The van der Waals surface area contributed by atoms with Crippen molar-refractivity contribution in [1.82, 2.24) is 18.9 Å². The van der Waals surface area contributed by atoms with E-state index in [9.17, 15) is 0 Å². The Balaban J connectivity index is 1.26. The first kappa shape index (κ1) is 29.2. The highest BCUT2D eigenvalue weighted by atomic mass is 31.2. The maximum absolute atomic E-state index is 16.5. The van der Waals surface area contributed by atoms with Crippen molar-refractivity contribution in [2.24, 2.45) is 0 Å². The molecule has 0 saturated heterocycles. The summed E-state index contributed by atoms with van der Waals surface area (Å²) in [4.78, 5) is 10.4. The van der Waals surface area contributed by atoms with E-state index in [1.807, 2.05) is 60.7 Å². The van der Waals surface area contributed by atoms with E-state index in [1.54, 1.807) is 0 Å². The molecule has 0 saturated carbocycles. The molecule has 0 N–H and O–H groups in total. The quantitative estimate of drug-likeness (QED) is 0.174. The fraction of sp³-hybridized carbons (Fsp3) is 0. The Morgan fingerprint density at radius 1 is 0.423 bits per heavy atom. The second-order valence-electron chi connectivity index (χ2n) is 13.3. The molecule has 8 aromatic carbocycles. The van der Waals surface area contributed by atoms with Gasteiger partial charge in [-0.25, -0.2) is 9.97 Å². The van der Waals surface area contributed by atoms with Gasteiger partial charge in [0.05, 0.1) is 27.6 Å². The van der Waals surface area contributed by atoms with Crippen molar-refractivity contribution < 1.29 is 4.57 Å². The molecular formula is C46H29N4OP. The van der Waals surface area contributed by atoms with Crippen molar-refractivity contribution >= 4 is 94.0 Å². The van der Waals surface area contributed by atoms with E-state index in [0.29, 0.717) is 0 Å². The van der Waals surface area contributed by atoms with Gasteiger partial charge in [0.25, 0.3) is 0 Å². The minimum atomic E-state index is -3.45. The number of rotatable bonds is 4. The van der Waals surface area contributed by atoms with Crippen LogP contribution in [0.2, 0.25) is 0 Å². The smallest absolute Gasteiger partial charge is 0.221 e. The van der Waals surface area contributed by atoms with Gasteiger partial charge in [-0.3, -0.25) is 8.97 Å². The SMILES string of the molecule is O=P(c1ccc2c(c1)c1ccccc1n2-c1nc2ccccc2c2nc3ccccc3n12)(c1cccc2ccccc12)c1cccc2ccccc12. The third-order valence-corrected chi connectivity index (χ3v) is 13.7. The van der Waals surface area contributed by atoms with Gasteiger partial charge in [0, 0.05) is 32.1 Å². The number of hydrogen-bond donors (Lipinski definition) is 0. The molecule has 0 amide bonds. The highest BCUT2D eigenvalue weighted by molar-refractivity contribution is 7.86. The minimum absolute atomic E-state index is 0.757. The zero-order valence-electron chi connectivity index (χ0n) is 27.9. The number of imidazole rings is 1. The predicted octanol–water partition coefficient (Wildman–Crippen LogP) is 10.1. The molecular weight excluding hydrogens is 656 g/mol. The lowest BCUT2D eigenvalue weighted by Gasteiger charge is -2.23. The van der Waals surface area contributed by atoms with Crippen LogP contribution in [0.1, 0.15) is 0 Å². The summed E-state index contributed by atoms with van der Waals surface area (Å²) in [6, 6.07) is 60.2. The molecule has 0 spiro atoms. The van der Waals surface area contributed by atoms with Crippen LogP contribution in [0.25, 0.3) is 76.9 Å². The molecule has 0 bridgehead atoms. The third-order valence-electron chi connectivity index (χ3n) is 10.6. The Hall–Kier alpha value is -6.55. The fourth-order valence-corrected chi connectivity index (χ4v) is 11.3. The first-order valence-electron chi connectivity index (χ1n) is 17.5. The van der Waals surface area contributed by atoms with E-state index in [1.165, 1.54) is 0 Å². The second kappa shape index (κ2) is 11.0. The second-order valence-corrected chi connectivity index (χ2v) is 16.0. The third kappa shape index (κ3) is 4.03. The predicted molar refractivity (Wildman–Crippen MR) is 217 cm³/mol. The summed E-state index contributed by atoms with van der Waals surface area (Å²) in [7, 11) is -3.45. The molecule has 0 atom stereocenters. The van der Waals surface area contributed by atoms with Crippen LogP contribution in [-0.2, 0) is 4.57 Å². The molecule has 0 unspecified atom stereocenters. The summed E-state index contributed by atoms with van der Waals surface area (Å²) in [5.74, 6) is 0.757. The molecule has 11 aromatic rings. The Morgan fingerprint density at radius 2 is 0.962 bits per heavy atom. The maximum atomic E-state index is 16.5. The van der Waals surface area contributed by atoms with Gasteiger partial charge >= 0.3 is 0 Å². The molecule has 244 valence electrons. The van der Waals surface area contributed by atoms with Gasteiger partial charge in [-0.15, -0.1) is 0 Å². The summed E-state index contributed by atoms with van der Waals surface area (Å²) < 4.78 is 20.9. The molecule has 0 aliphatic heterocycles. The molecule has 11 rings (SSSR count). The van der Waals surface area contributed by atoms with Crippen LogP contribution in [-0.4, -0.2) is 18.9 Å². The summed E-state index contributed by atoms with van der Waals surface area (Å²) in [5.41, 5.74) is 5.64. The van der Waals surface area contributed by atoms with Crippen molar-refractivity contribution in [2.75, 3.05) is 0 Å². The van der Waals surface area contributed by atoms with Crippen molar-refractivity contribution in [3.63, 3.8) is 0 Å². The van der Waals surface area contributed by atoms with Crippen molar-refractivity contribution in [1.29, 1.82) is 0 Å². The van der Waals surface area contributed by atoms with Gasteiger partial charge in [0.1, 0.15) is 5.65 Å². The topological polar surface area (TPSA) is 52.2 Å². The largest absolute Gasteiger partial charge is 0.309 e. The van der Waals surface area contributed by atoms with Crippen LogP contribution in [0.4, 0.5) is 0 Å². The summed E-state index contributed by atoms with van der Waals surface area (Å²) >= 11 is 0. The molecule has 0 fully saturated rings. The Labute approximate surface area is 298 Å². The maximum Gasteiger partial charge on any atom is 0.221 e. The van der Waals surface area contributed by atoms with Gasteiger partial charge < -0.3 is 4.57 Å². The van der Waals surface area contributed by atoms with Crippen LogP contribution >= 0.6 is 7.14 Å². The van der Waals surface area contributed by atoms with Gasteiger partial charge in [-0.2, -0.15) is 0 Å². The zero-order chi connectivity index (χ0) is 34.4. The number of para-hydroxylation sites is 4. The molecule has 5 nitrogen and oxygen atoms in total. The first-order chi connectivity index (χ1) is 25.7. The average molecular weight is 685 g/mol. The molecule has 0 aliphatic carbocycles. The zero-order valence-corrected chi connectivity index (χ0v) is 28.8. The number of benzene rings is 8. The molecule has 52 heavy (non-hydrogen) atoms. The van der Waals surface area contributed by atoms with Crippen LogP contribution in [0, 0.1) is 0 Å². The van der Waals surface area contributed by atoms with Gasteiger partial charge in [-0.05, 0) is 70.1 Å². The summed E-state index contributed by atoms with van der Waals surface area (Å²) in [5, 5.41) is 9.68. The van der Waals surface area contributed by atoms with E-state index < -0.39 is 7.14 Å². The van der Waals surface area contributed by atoms with Crippen LogP contribution in [0.3, 0.4) is 0 Å². The number of nitrogens with zero attached hydrogens (tertiary/aromatic N) is 4. The van der Waals surface area contributed by atoms with Crippen LogP contribution in [0.15, 0.2) is 176 Å². The first-order valence-corrected chi connectivity index (χ1v) is 19.2. The standard InChI is InChI=1S/C46H29N4OP/c51-52(43-25-11-15-30-13-1-3-17-33(30)43,44-26-12-16-31-14-2-4-18-34(31)44)32-27-28-41-37(29-32)35-19-6-9-23-40(35)49(41)46-48-38-21-7-5-20-36(38)45-47-39-22-8-10-24-42(39)50(45)46/h1-29H. The lowest BCUT2D eigenvalue weighted by Crippen LogP contribution is -2.26. The highest BCUT2D eigenvalue weighted by Crippen LogP contribution is 2.47. The average Bonchev–Trinajstić information content (AvgIpc) is 3.76. The van der Waals surface area contributed by atoms with E-state index in [-0.39, 0.29) is 0 Å². The Morgan fingerprint density at radius 3 is 1.67 bits per heavy atom. The van der Waals surface area contributed by atoms with E-state index in [2.05, 4.69) is 124 Å². The van der Waals surface area contributed by atoms with E-state index in [0.717, 1.165) is 92.8 Å². The molecule has 3 heterocycles. The van der Waals surface area contributed by atoms with Gasteiger partial charge in [-0.1, -0.05) is 127 Å².